The zero-order chi connectivity index (χ0) is 18.5. The molecule has 5 rings (SSSR count). The zero-order valence-corrected chi connectivity index (χ0v) is 16.1. The van der Waals surface area contributed by atoms with E-state index < -0.39 is 0 Å². The molecule has 0 spiro atoms. The van der Waals surface area contributed by atoms with Gasteiger partial charge in [0.2, 0.25) is 0 Å². The number of fused-ring (bicyclic) bond motifs is 1. The van der Waals surface area contributed by atoms with Crippen molar-refractivity contribution in [2.75, 3.05) is 18.5 Å². The maximum atomic E-state index is 13.1. The molecule has 5 heteroatoms. The summed E-state index contributed by atoms with van der Waals surface area (Å²) in [5.74, 6) is 2.11. The predicted molar refractivity (Wildman–Crippen MR) is 110 cm³/mol. The van der Waals surface area contributed by atoms with Crippen LogP contribution in [0.1, 0.15) is 37.2 Å². The number of hydrogen-bond acceptors (Lipinski definition) is 3. The Labute approximate surface area is 163 Å². The van der Waals surface area contributed by atoms with Crippen LogP contribution in [0.4, 0.5) is 5.82 Å². The van der Waals surface area contributed by atoms with Gasteiger partial charge in [-0.3, -0.25) is 4.57 Å². The van der Waals surface area contributed by atoms with Gasteiger partial charge in [-0.1, -0.05) is 29.8 Å². The smallest absolute Gasteiger partial charge is 0.354 e. The summed E-state index contributed by atoms with van der Waals surface area (Å²) in [5.41, 5.74) is 2.60. The zero-order valence-electron chi connectivity index (χ0n) is 15.4. The van der Waals surface area contributed by atoms with Crippen LogP contribution in [0.15, 0.2) is 47.3 Å². The van der Waals surface area contributed by atoms with Crippen molar-refractivity contribution in [3.63, 3.8) is 0 Å². The van der Waals surface area contributed by atoms with Crippen LogP contribution in [-0.4, -0.2) is 23.1 Å². The predicted octanol–water partition coefficient (Wildman–Crippen LogP) is 4.76. The molecule has 0 unspecified atom stereocenters. The fraction of sp³-hybridized carbons (Fsp3) is 0.364. The number of aromatic nitrogens is 2. The third-order valence-corrected chi connectivity index (χ3v) is 5.95. The maximum absolute atomic E-state index is 13.1. The molecule has 0 N–H and O–H groups in total. The monoisotopic (exact) mass is 379 g/mol. The molecule has 0 amide bonds. The fourth-order valence-corrected chi connectivity index (χ4v) is 4.05. The minimum absolute atomic E-state index is 0.277. The van der Waals surface area contributed by atoms with Crippen molar-refractivity contribution in [2.45, 2.75) is 31.6 Å². The quantitative estimate of drug-likeness (QED) is 0.641. The molecule has 0 aliphatic heterocycles. The number of nitrogens with zero attached hydrogens (tertiary/aromatic N) is 3. The van der Waals surface area contributed by atoms with Crippen molar-refractivity contribution in [2.24, 2.45) is 5.92 Å². The van der Waals surface area contributed by atoms with Gasteiger partial charge in [-0.25, -0.2) is 4.79 Å². The third-order valence-electron chi connectivity index (χ3n) is 5.63. The van der Waals surface area contributed by atoms with Crippen LogP contribution in [0, 0.1) is 5.92 Å². The van der Waals surface area contributed by atoms with Crippen LogP contribution in [0.3, 0.4) is 0 Å². The second-order valence-electron chi connectivity index (χ2n) is 7.88. The Balaban J connectivity index is 1.76. The summed E-state index contributed by atoms with van der Waals surface area (Å²) in [6.07, 6.45) is 4.98. The van der Waals surface area contributed by atoms with E-state index in [1.54, 1.807) is 4.57 Å². The van der Waals surface area contributed by atoms with E-state index in [4.69, 9.17) is 11.6 Å². The molecule has 1 aromatic heterocycles. The van der Waals surface area contributed by atoms with Gasteiger partial charge in [0.05, 0.1) is 16.2 Å². The first-order chi connectivity index (χ1) is 13.1. The van der Waals surface area contributed by atoms with Gasteiger partial charge < -0.3 is 4.90 Å². The minimum Gasteiger partial charge on any atom is -0.359 e. The van der Waals surface area contributed by atoms with Gasteiger partial charge in [0.1, 0.15) is 5.82 Å². The molecule has 2 saturated carbocycles. The van der Waals surface area contributed by atoms with Crippen LogP contribution >= 0.6 is 11.6 Å². The number of benzene rings is 2. The standard InChI is InChI=1S/C22H22ClN3O/c1-25(13-14-6-7-14)21-17-11-10-16(15-8-9-15)12-20(17)26(22(27)24-21)19-5-3-2-4-18(19)23/h2-5,10-12,14-15H,6-9,13H2,1H3. The Morgan fingerprint density at radius 3 is 2.63 bits per heavy atom. The van der Waals surface area contributed by atoms with E-state index in [0.29, 0.717) is 16.6 Å². The lowest BCUT2D eigenvalue weighted by atomic mass is 10.1. The topological polar surface area (TPSA) is 38.1 Å². The van der Waals surface area contributed by atoms with Crippen molar-refractivity contribution in [1.82, 2.24) is 9.55 Å². The average Bonchev–Trinajstić information content (AvgIpc) is 3.55. The number of halogens is 1. The third kappa shape index (κ3) is 3.12. The summed E-state index contributed by atoms with van der Waals surface area (Å²) in [6, 6.07) is 13.9. The molecular formula is C22H22ClN3O. The Morgan fingerprint density at radius 2 is 1.93 bits per heavy atom. The van der Waals surface area contributed by atoms with Gasteiger partial charge in [0.15, 0.2) is 0 Å². The van der Waals surface area contributed by atoms with Crippen LogP contribution in [0.2, 0.25) is 5.02 Å². The summed E-state index contributed by atoms with van der Waals surface area (Å²) in [7, 11) is 2.04. The maximum Gasteiger partial charge on any atom is 0.354 e. The Bertz CT molecular complexity index is 1080. The van der Waals surface area contributed by atoms with Gasteiger partial charge in [0.25, 0.3) is 0 Å². The largest absolute Gasteiger partial charge is 0.359 e. The number of para-hydroxylation sites is 1. The molecule has 1 heterocycles. The van der Waals surface area contributed by atoms with Crippen LogP contribution in [0.5, 0.6) is 0 Å². The van der Waals surface area contributed by atoms with Crippen molar-refractivity contribution in [3.05, 3.63) is 63.5 Å². The highest BCUT2D eigenvalue weighted by molar-refractivity contribution is 6.32. The van der Waals surface area contributed by atoms with Crippen LogP contribution in [-0.2, 0) is 0 Å². The van der Waals surface area contributed by atoms with Crippen LogP contribution in [0.25, 0.3) is 16.6 Å². The first-order valence-corrected chi connectivity index (χ1v) is 10.0. The van der Waals surface area contributed by atoms with E-state index in [1.165, 1.54) is 31.2 Å². The van der Waals surface area contributed by atoms with E-state index >= 15 is 0 Å². The Morgan fingerprint density at radius 1 is 1.15 bits per heavy atom. The van der Waals surface area contributed by atoms with Gasteiger partial charge in [-0.15, -0.1) is 0 Å². The lowest BCUT2D eigenvalue weighted by molar-refractivity contribution is 0.773. The summed E-state index contributed by atoms with van der Waals surface area (Å²) in [6.45, 7) is 0.946. The first kappa shape index (κ1) is 16.8. The lowest BCUT2D eigenvalue weighted by Crippen LogP contribution is -2.29. The fourth-order valence-electron chi connectivity index (χ4n) is 3.83. The SMILES string of the molecule is CN(CC1CC1)c1nc(=O)n(-c2ccccc2Cl)c2cc(C3CC3)ccc12. The molecule has 2 aliphatic rings. The van der Waals surface area contributed by atoms with Crippen molar-refractivity contribution in [1.29, 1.82) is 0 Å². The Hall–Kier alpha value is -2.33. The molecule has 2 aliphatic carbocycles. The summed E-state index contributed by atoms with van der Waals surface area (Å²) >= 11 is 6.43. The second-order valence-corrected chi connectivity index (χ2v) is 8.29. The highest BCUT2D eigenvalue weighted by Crippen LogP contribution is 2.42. The Kier molecular flexibility index (Phi) is 3.97. The normalized spacial score (nSPS) is 16.7. The number of hydrogen-bond donors (Lipinski definition) is 0. The number of rotatable bonds is 5. The molecule has 138 valence electrons. The van der Waals surface area contributed by atoms with E-state index in [0.717, 1.165) is 29.2 Å². The average molecular weight is 380 g/mol. The molecule has 0 saturated heterocycles. The molecule has 27 heavy (non-hydrogen) atoms. The highest BCUT2D eigenvalue weighted by atomic mass is 35.5. The second kappa shape index (κ2) is 6.38. The van der Waals surface area contributed by atoms with E-state index in [9.17, 15) is 4.79 Å². The van der Waals surface area contributed by atoms with Gasteiger partial charge in [-0.05, 0) is 67.3 Å². The van der Waals surface area contributed by atoms with E-state index in [1.807, 2.05) is 31.3 Å². The van der Waals surface area contributed by atoms with Gasteiger partial charge in [0, 0.05) is 19.0 Å². The molecule has 0 atom stereocenters. The van der Waals surface area contributed by atoms with Crippen LogP contribution < -0.4 is 10.6 Å². The molecule has 2 fully saturated rings. The lowest BCUT2D eigenvalue weighted by Gasteiger charge is -2.22. The summed E-state index contributed by atoms with van der Waals surface area (Å²) < 4.78 is 1.66. The number of anilines is 1. The molecule has 4 nitrogen and oxygen atoms in total. The highest BCUT2D eigenvalue weighted by Gasteiger charge is 2.27. The van der Waals surface area contributed by atoms with Crippen molar-refractivity contribution < 1.29 is 0 Å². The van der Waals surface area contributed by atoms with Gasteiger partial charge in [-0.2, -0.15) is 4.98 Å². The first-order valence-electron chi connectivity index (χ1n) is 9.64. The van der Waals surface area contributed by atoms with Gasteiger partial charge >= 0.3 is 5.69 Å². The molecule has 3 aromatic rings. The summed E-state index contributed by atoms with van der Waals surface area (Å²) in [5, 5.41) is 1.56. The van der Waals surface area contributed by atoms with Crippen molar-refractivity contribution >= 4 is 28.3 Å². The van der Waals surface area contributed by atoms with E-state index in [-0.39, 0.29) is 5.69 Å². The van der Waals surface area contributed by atoms with E-state index in [2.05, 4.69) is 28.1 Å². The molecule has 0 radical (unpaired) electrons. The molecule has 2 aromatic carbocycles. The summed E-state index contributed by atoms with van der Waals surface area (Å²) in [4.78, 5) is 19.7. The van der Waals surface area contributed by atoms with Crippen molar-refractivity contribution in [3.8, 4) is 5.69 Å². The molecular weight excluding hydrogens is 358 g/mol. The molecule has 0 bridgehead atoms. The minimum atomic E-state index is -0.277.